The fourth-order valence-electron chi connectivity index (χ4n) is 11.7. The summed E-state index contributed by atoms with van der Waals surface area (Å²) in [6, 6.07) is 63.0. The first-order chi connectivity index (χ1) is 34.7. The van der Waals surface area contributed by atoms with Crippen molar-refractivity contribution >= 4 is 74.3 Å². The minimum Gasteiger partial charge on any atom is -0.311 e. The molecule has 0 saturated heterocycles. The second-order valence-corrected chi connectivity index (χ2v) is 26.5. The Morgan fingerprint density at radius 1 is 0.378 bits per heavy atom. The molecule has 0 spiro atoms. The number of aryl methyl sites for hydroxylation is 1. The van der Waals surface area contributed by atoms with Gasteiger partial charge in [0.2, 0.25) is 0 Å². The number of para-hydroxylation sites is 1. The van der Waals surface area contributed by atoms with Crippen LogP contribution in [0.5, 0.6) is 0 Å². The maximum absolute atomic E-state index is 2.66. The minimum absolute atomic E-state index is 0.0249. The summed E-state index contributed by atoms with van der Waals surface area (Å²) < 4.78 is 0. The molecule has 8 aromatic carbocycles. The van der Waals surface area contributed by atoms with Gasteiger partial charge in [-0.25, -0.2) is 0 Å². The largest absolute Gasteiger partial charge is 0.311 e. The number of hydrogen-bond donors (Lipinski definition) is 0. The first-order valence-corrected chi connectivity index (χ1v) is 27.1. The molecule has 2 heterocycles. The van der Waals surface area contributed by atoms with Crippen LogP contribution in [0.1, 0.15) is 143 Å². The van der Waals surface area contributed by atoms with Crippen LogP contribution in [-0.2, 0) is 27.1 Å². The van der Waals surface area contributed by atoms with Crippen LogP contribution in [0.2, 0.25) is 0 Å². The molecular weight excluding hydrogens is 894 g/mol. The lowest BCUT2D eigenvalue weighted by Crippen LogP contribution is -2.62. The Kier molecular flexibility index (Phi) is 12.3. The molecule has 0 atom stereocenters. The van der Waals surface area contributed by atoms with Gasteiger partial charge in [0, 0.05) is 51.1 Å². The van der Waals surface area contributed by atoms with Gasteiger partial charge in [-0.3, -0.25) is 0 Å². The lowest BCUT2D eigenvalue weighted by molar-refractivity contribution is 0.586. The predicted octanol–water partition coefficient (Wildman–Crippen LogP) is 18.0. The van der Waals surface area contributed by atoms with Gasteiger partial charge in [0.05, 0.1) is 5.69 Å². The molecule has 10 rings (SSSR count). The number of benzene rings is 8. The number of rotatable bonds is 6. The van der Waals surface area contributed by atoms with Gasteiger partial charge < -0.3 is 14.7 Å². The molecule has 376 valence electrons. The molecule has 0 aromatic heterocycles. The van der Waals surface area contributed by atoms with E-state index in [1.165, 1.54) is 101 Å². The summed E-state index contributed by atoms with van der Waals surface area (Å²) in [4.78, 5) is 7.76. The van der Waals surface area contributed by atoms with Crippen molar-refractivity contribution in [3.63, 3.8) is 0 Å². The summed E-state index contributed by atoms with van der Waals surface area (Å²) in [6.45, 7) is 39.7. The van der Waals surface area contributed by atoms with E-state index < -0.39 is 0 Å². The van der Waals surface area contributed by atoms with E-state index in [1.807, 2.05) is 0 Å². The predicted molar refractivity (Wildman–Crippen MR) is 324 cm³/mol. The van der Waals surface area contributed by atoms with Crippen LogP contribution in [0.4, 0.5) is 51.2 Å². The van der Waals surface area contributed by atoms with Crippen molar-refractivity contribution in [3.05, 3.63) is 203 Å². The second-order valence-electron chi connectivity index (χ2n) is 26.5. The molecule has 0 fully saturated rings. The van der Waals surface area contributed by atoms with Gasteiger partial charge in [0.15, 0.2) is 0 Å². The zero-order chi connectivity index (χ0) is 53.0. The molecule has 2 aliphatic heterocycles. The van der Waals surface area contributed by atoms with Crippen molar-refractivity contribution in [1.29, 1.82) is 0 Å². The normalized spacial score (nSPS) is 13.7. The Labute approximate surface area is 445 Å². The highest BCUT2D eigenvalue weighted by Gasteiger charge is 2.47. The highest BCUT2D eigenvalue weighted by Crippen LogP contribution is 2.52. The Morgan fingerprint density at radius 2 is 0.892 bits per heavy atom. The third-order valence-corrected chi connectivity index (χ3v) is 15.9. The summed E-state index contributed by atoms with van der Waals surface area (Å²) in [5.74, 6) is 0. The average molecular weight is 972 g/mol. The molecule has 4 heteroatoms. The Balaban J connectivity index is 1.36. The van der Waals surface area contributed by atoms with Gasteiger partial charge in [0.25, 0.3) is 6.71 Å². The van der Waals surface area contributed by atoms with Crippen molar-refractivity contribution in [3.8, 4) is 11.1 Å². The van der Waals surface area contributed by atoms with E-state index in [2.05, 4.69) is 296 Å². The monoisotopic (exact) mass is 972 g/mol. The van der Waals surface area contributed by atoms with E-state index in [4.69, 9.17) is 0 Å². The topological polar surface area (TPSA) is 9.72 Å². The number of hydrogen-bond acceptors (Lipinski definition) is 3. The summed E-state index contributed by atoms with van der Waals surface area (Å²) in [6.07, 6.45) is 0. The van der Waals surface area contributed by atoms with Gasteiger partial charge in [-0.15, -0.1) is 0 Å². The number of fused-ring (bicyclic) bond motifs is 4. The van der Waals surface area contributed by atoms with Crippen LogP contribution in [0.25, 0.3) is 11.1 Å². The number of nitrogens with zero attached hydrogens (tertiary/aromatic N) is 3. The van der Waals surface area contributed by atoms with E-state index in [-0.39, 0.29) is 33.8 Å². The maximum Gasteiger partial charge on any atom is 0.252 e. The van der Waals surface area contributed by atoms with Crippen LogP contribution in [0.15, 0.2) is 164 Å². The SMILES string of the molecule is Cc1cc(C(C)(C)C)cc2c1N(c1ccccc1)c1c(C)c(C(C)(C)C)cc3c1B2c1ccc(N(c2ccc(C(C)(C)C)cc2)c2ccc(C(C)(C)C)cc2)cc1N3c1ccc(C(C)(C)C)cc1-c1ccccc1. The smallest absolute Gasteiger partial charge is 0.252 e. The van der Waals surface area contributed by atoms with Crippen LogP contribution >= 0.6 is 0 Å². The van der Waals surface area contributed by atoms with Gasteiger partial charge >= 0.3 is 0 Å². The van der Waals surface area contributed by atoms with Gasteiger partial charge in [-0.2, -0.15) is 0 Å². The molecule has 3 nitrogen and oxygen atoms in total. The third kappa shape index (κ3) is 8.97. The number of anilines is 9. The molecule has 2 aliphatic rings. The molecule has 0 saturated carbocycles. The van der Waals surface area contributed by atoms with Crippen LogP contribution < -0.4 is 31.1 Å². The Bertz CT molecular complexity index is 3350. The first kappa shape index (κ1) is 50.7. The molecule has 0 N–H and O–H groups in total. The summed E-state index contributed by atoms with van der Waals surface area (Å²) in [5, 5.41) is 0. The van der Waals surface area contributed by atoms with Crippen molar-refractivity contribution in [2.75, 3.05) is 14.7 Å². The van der Waals surface area contributed by atoms with E-state index in [9.17, 15) is 0 Å². The van der Waals surface area contributed by atoms with Gasteiger partial charge in [-0.1, -0.05) is 201 Å². The van der Waals surface area contributed by atoms with Gasteiger partial charge in [-0.05, 0) is 169 Å². The third-order valence-electron chi connectivity index (χ3n) is 15.9. The quantitative estimate of drug-likeness (QED) is 0.154. The Hall–Kier alpha value is -6.78. The molecule has 0 radical (unpaired) electrons. The first-order valence-electron chi connectivity index (χ1n) is 27.1. The highest BCUT2D eigenvalue weighted by molar-refractivity contribution is 7.00. The Morgan fingerprint density at radius 3 is 1.42 bits per heavy atom. The van der Waals surface area contributed by atoms with Crippen molar-refractivity contribution in [1.82, 2.24) is 0 Å². The van der Waals surface area contributed by atoms with E-state index in [0.717, 1.165) is 17.1 Å². The zero-order valence-corrected chi connectivity index (χ0v) is 47.5. The van der Waals surface area contributed by atoms with Gasteiger partial charge in [0.1, 0.15) is 0 Å². The second kappa shape index (κ2) is 18.0. The molecule has 74 heavy (non-hydrogen) atoms. The molecule has 0 amide bonds. The van der Waals surface area contributed by atoms with Crippen molar-refractivity contribution < 1.29 is 0 Å². The lowest BCUT2D eigenvalue weighted by atomic mass is 9.33. The lowest BCUT2D eigenvalue weighted by Gasteiger charge is -2.47. The van der Waals surface area contributed by atoms with E-state index >= 15 is 0 Å². The van der Waals surface area contributed by atoms with Crippen LogP contribution in [0.3, 0.4) is 0 Å². The fourth-order valence-corrected chi connectivity index (χ4v) is 11.7. The van der Waals surface area contributed by atoms with E-state index in [1.54, 1.807) is 0 Å². The molecule has 8 aromatic rings. The van der Waals surface area contributed by atoms with Crippen LogP contribution in [0, 0.1) is 13.8 Å². The fraction of sp³-hybridized carbons (Fsp3) is 0.314. The maximum atomic E-state index is 2.66. The standard InChI is InChI=1S/C70H78BN3/c1-45-40-51(69(12,13)14)42-59-64(45)73(52-26-22-19-23-27-52)65-46(2)57(70(15,16)17)44-62-63(65)71(59)58-38-37-55(43-61(58)74(62)60-39-32-50(68(9,10)11)41-56(60)47-24-20-18-21-25-47)72(53-33-28-48(29-34-53)66(3,4)5)54-35-30-49(31-36-54)67(6,7)8/h18-44H,1-17H3. The molecule has 0 aliphatic carbocycles. The van der Waals surface area contributed by atoms with Crippen LogP contribution in [-0.4, -0.2) is 6.71 Å². The minimum atomic E-state index is -0.166. The highest BCUT2D eigenvalue weighted by atomic mass is 15.2. The average Bonchev–Trinajstić information content (AvgIpc) is 3.34. The molecule has 0 bridgehead atoms. The zero-order valence-electron chi connectivity index (χ0n) is 47.5. The van der Waals surface area contributed by atoms with E-state index in [0.29, 0.717) is 0 Å². The molecule has 0 unspecified atom stereocenters. The van der Waals surface area contributed by atoms with Crippen molar-refractivity contribution in [2.45, 2.75) is 145 Å². The summed E-state index contributed by atoms with van der Waals surface area (Å²) >= 11 is 0. The van der Waals surface area contributed by atoms with Crippen molar-refractivity contribution in [2.24, 2.45) is 0 Å². The summed E-state index contributed by atoms with van der Waals surface area (Å²) in [5.41, 5.74) is 26.1. The summed E-state index contributed by atoms with van der Waals surface area (Å²) in [7, 11) is 0. The molecular formula is C70H78BN3.